The smallest absolute Gasteiger partial charge is 0.217 e. The number of hydrogen-bond donors (Lipinski definition) is 0. The molecule has 2 aromatic carbocycles. The molecule has 2 nitrogen and oxygen atoms in total. The molecule has 2 bridgehead atoms. The summed E-state index contributed by atoms with van der Waals surface area (Å²) in [6.45, 7) is 9.80. The Labute approximate surface area is 203 Å². The fourth-order valence-corrected chi connectivity index (χ4v) is 7.95. The van der Waals surface area contributed by atoms with Gasteiger partial charge in [-0.25, -0.2) is 0 Å². The molecule has 2 heteroatoms. The molecule has 2 aromatic heterocycles. The van der Waals surface area contributed by atoms with Crippen LogP contribution in [0, 0.1) is 0 Å². The van der Waals surface area contributed by atoms with Crippen molar-refractivity contribution in [2.45, 2.75) is 95.4 Å². The maximum atomic E-state index is 6.38. The number of nitrogens with zero attached hydrogens (tertiary/aromatic N) is 1. The Balaban J connectivity index is 1.59. The molecule has 34 heavy (non-hydrogen) atoms. The third-order valence-electron chi connectivity index (χ3n) is 10.5. The zero-order chi connectivity index (χ0) is 23.2. The summed E-state index contributed by atoms with van der Waals surface area (Å²) in [6.07, 6.45) is 11.5. The van der Waals surface area contributed by atoms with Crippen LogP contribution < -0.4 is 4.57 Å². The van der Waals surface area contributed by atoms with Gasteiger partial charge in [0.2, 0.25) is 5.69 Å². The first kappa shape index (κ1) is 20.7. The van der Waals surface area contributed by atoms with Gasteiger partial charge in [-0.3, -0.25) is 0 Å². The number of fused-ring (bicyclic) bond motifs is 9. The highest BCUT2D eigenvalue weighted by atomic mass is 16.3. The van der Waals surface area contributed by atoms with Crippen molar-refractivity contribution in [3.8, 4) is 11.3 Å². The van der Waals surface area contributed by atoms with Gasteiger partial charge in [0.05, 0.1) is 22.4 Å². The highest BCUT2D eigenvalue weighted by Gasteiger charge is 2.57. The number of pyridine rings is 1. The van der Waals surface area contributed by atoms with Crippen LogP contribution in [0.1, 0.15) is 101 Å². The molecule has 3 heterocycles. The van der Waals surface area contributed by atoms with E-state index in [2.05, 4.69) is 80.9 Å². The van der Waals surface area contributed by atoms with Crippen molar-refractivity contribution in [2.75, 3.05) is 0 Å². The van der Waals surface area contributed by atoms with Gasteiger partial charge in [-0.1, -0.05) is 44.5 Å². The minimum Gasteiger partial charge on any atom is -0.456 e. The van der Waals surface area contributed by atoms with E-state index >= 15 is 0 Å². The number of rotatable bonds is 2. The summed E-state index contributed by atoms with van der Waals surface area (Å²) < 4.78 is 9.01. The van der Waals surface area contributed by atoms with E-state index < -0.39 is 0 Å². The molecule has 4 aromatic rings. The van der Waals surface area contributed by atoms with Crippen molar-refractivity contribution in [1.29, 1.82) is 0 Å². The molecule has 4 unspecified atom stereocenters. The molecule has 0 spiro atoms. The first-order valence-corrected chi connectivity index (χ1v) is 13.5. The standard InChI is InChI=1S/C32H36NO/c1-5-31(3)27-17-24-21-11-9-10-20(14-15-21)23(24)16-25(27)28-18-30-26(19-33(28)32(31,4)6-2)22-12-7-8-13-29(22)34-30/h7-8,12-13,16-21H,5-6,9-11,14-15H2,1-4H3/q+1. The third-order valence-corrected chi connectivity index (χ3v) is 10.5. The number of para-hydroxylation sites is 1. The topological polar surface area (TPSA) is 17.0 Å². The Morgan fingerprint density at radius 3 is 2.32 bits per heavy atom. The Morgan fingerprint density at radius 1 is 0.853 bits per heavy atom. The lowest BCUT2D eigenvalue weighted by molar-refractivity contribution is -0.764. The average molecular weight is 451 g/mol. The summed E-state index contributed by atoms with van der Waals surface area (Å²) in [5.74, 6) is 1.51. The fourth-order valence-electron chi connectivity index (χ4n) is 7.95. The minimum absolute atomic E-state index is 0.00533. The van der Waals surface area contributed by atoms with Gasteiger partial charge in [-0.15, -0.1) is 0 Å². The fraction of sp³-hybridized carbons (Fsp3) is 0.469. The van der Waals surface area contributed by atoms with Crippen LogP contribution >= 0.6 is 0 Å². The second-order valence-corrected chi connectivity index (χ2v) is 11.6. The van der Waals surface area contributed by atoms with Gasteiger partial charge in [0.25, 0.3) is 0 Å². The molecular weight excluding hydrogens is 414 g/mol. The molecule has 8 rings (SSSR count). The van der Waals surface area contributed by atoms with Crippen molar-refractivity contribution >= 4 is 21.9 Å². The first-order valence-electron chi connectivity index (χ1n) is 13.5. The summed E-state index contributed by atoms with van der Waals surface area (Å²) in [4.78, 5) is 0. The highest BCUT2D eigenvalue weighted by Crippen LogP contribution is 2.55. The molecule has 3 aliphatic carbocycles. The van der Waals surface area contributed by atoms with Gasteiger partial charge in [-0.2, -0.15) is 4.57 Å². The monoisotopic (exact) mass is 450 g/mol. The summed E-state index contributed by atoms with van der Waals surface area (Å²) in [5, 5.41) is 2.45. The van der Waals surface area contributed by atoms with E-state index in [9.17, 15) is 0 Å². The van der Waals surface area contributed by atoms with Crippen LogP contribution in [0.15, 0.2) is 53.1 Å². The number of benzene rings is 2. The third kappa shape index (κ3) is 2.45. The van der Waals surface area contributed by atoms with Crippen molar-refractivity contribution < 1.29 is 8.98 Å². The second kappa shape index (κ2) is 6.97. The van der Waals surface area contributed by atoms with E-state index in [0.29, 0.717) is 0 Å². The Bertz CT molecular complexity index is 1460. The van der Waals surface area contributed by atoms with Gasteiger partial charge >= 0.3 is 0 Å². The largest absolute Gasteiger partial charge is 0.456 e. The van der Waals surface area contributed by atoms with E-state index in [1.54, 1.807) is 16.7 Å². The minimum atomic E-state index is -0.00533. The van der Waals surface area contributed by atoms with E-state index in [1.165, 1.54) is 54.1 Å². The predicted octanol–water partition coefficient (Wildman–Crippen LogP) is 8.49. The molecule has 1 saturated carbocycles. The molecule has 0 amide bonds. The molecule has 0 saturated heterocycles. The van der Waals surface area contributed by atoms with Gasteiger partial charge in [0.15, 0.2) is 11.7 Å². The second-order valence-electron chi connectivity index (χ2n) is 11.6. The molecular formula is C32H36NO+. The molecule has 1 aliphatic heterocycles. The van der Waals surface area contributed by atoms with Crippen LogP contribution in [0.4, 0.5) is 0 Å². The quantitative estimate of drug-likeness (QED) is 0.280. The lowest BCUT2D eigenvalue weighted by Crippen LogP contribution is -2.67. The van der Waals surface area contributed by atoms with Crippen molar-refractivity contribution in [2.24, 2.45) is 0 Å². The van der Waals surface area contributed by atoms with Crippen LogP contribution in [0.2, 0.25) is 0 Å². The van der Waals surface area contributed by atoms with E-state index in [-0.39, 0.29) is 11.0 Å². The van der Waals surface area contributed by atoms with E-state index in [4.69, 9.17) is 4.42 Å². The normalized spacial score (nSPS) is 29.6. The van der Waals surface area contributed by atoms with Gasteiger partial charge in [-0.05, 0) is 79.7 Å². The maximum absolute atomic E-state index is 6.38. The zero-order valence-corrected chi connectivity index (χ0v) is 21.1. The summed E-state index contributed by atoms with van der Waals surface area (Å²) in [6, 6.07) is 16.1. The van der Waals surface area contributed by atoms with Crippen molar-refractivity contribution in [3.05, 3.63) is 65.4 Å². The van der Waals surface area contributed by atoms with Gasteiger partial charge in [0, 0.05) is 18.7 Å². The maximum Gasteiger partial charge on any atom is 0.217 e. The van der Waals surface area contributed by atoms with Crippen LogP contribution in [0.3, 0.4) is 0 Å². The first-order chi connectivity index (χ1) is 16.5. The average Bonchev–Trinajstić information content (AvgIpc) is 2.99. The van der Waals surface area contributed by atoms with Crippen LogP contribution in [0.25, 0.3) is 33.2 Å². The van der Waals surface area contributed by atoms with Gasteiger partial charge in [0.1, 0.15) is 11.2 Å². The van der Waals surface area contributed by atoms with Crippen LogP contribution in [-0.4, -0.2) is 0 Å². The molecule has 174 valence electrons. The summed E-state index contributed by atoms with van der Waals surface area (Å²) >= 11 is 0. The molecule has 0 N–H and O–H groups in total. The Hall–Kier alpha value is -2.61. The predicted molar refractivity (Wildman–Crippen MR) is 139 cm³/mol. The lowest BCUT2D eigenvalue weighted by Gasteiger charge is -2.47. The zero-order valence-electron chi connectivity index (χ0n) is 21.1. The van der Waals surface area contributed by atoms with Crippen LogP contribution in [-0.2, 0) is 11.0 Å². The molecule has 0 radical (unpaired) electrons. The Kier molecular flexibility index (Phi) is 4.25. The lowest BCUT2D eigenvalue weighted by atomic mass is 9.59. The van der Waals surface area contributed by atoms with Crippen molar-refractivity contribution in [3.63, 3.8) is 0 Å². The SMILES string of the molecule is CCC1(C)c2cc3c(cc2-c2cc4oc5ccccc5c4c[n+]2C1(C)CC)C1CCCC3CC1. The summed E-state index contributed by atoms with van der Waals surface area (Å²) in [5.41, 5.74) is 9.75. The van der Waals surface area contributed by atoms with Crippen LogP contribution in [0.5, 0.6) is 0 Å². The van der Waals surface area contributed by atoms with E-state index in [1.807, 2.05) is 0 Å². The van der Waals surface area contributed by atoms with E-state index in [0.717, 1.165) is 35.8 Å². The van der Waals surface area contributed by atoms with Gasteiger partial charge < -0.3 is 4.42 Å². The van der Waals surface area contributed by atoms with Crippen molar-refractivity contribution in [1.82, 2.24) is 0 Å². The number of aromatic nitrogens is 1. The molecule has 4 atom stereocenters. The number of furan rings is 1. The summed E-state index contributed by atoms with van der Waals surface area (Å²) in [7, 11) is 0. The Morgan fingerprint density at radius 2 is 1.59 bits per heavy atom. The molecule has 4 aliphatic rings. The number of hydrogen-bond acceptors (Lipinski definition) is 1. The highest BCUT2D eigenvalue weighted by molar-refractivity contribution is 6.04. The molecule has 1 fully saturated rings.